The van der Waals surface area contributed by atoms with E-state index in [0.717, 1.165) is 36.9 Å². The van der Waals surface area contributed by atoms with Crippen molar-refractivity contribution in [1.82, 2.24) is 19.7 Å². The van der Waals surface area contributed by atoms with E-state index in [4.69, 9.17) is 4.42 Å². The van der Waals surface area contributed by atoms with Crippen molar-refractivity contribution in [3.05, 3.63) is 24.2 Å². The zero-order chi connectivity index (χ0) is 16.4. The third-order valence-corrected chi connectivity index (χ3v) is 4.09. The van der Waals surface area contributed by atoms with Crippen molar-refractivity contribution in [2.24, 2.45) is 0 Å². The molecule has 0 spiro atoms. The van der Waals surface area contributed by atoms with Gasteiger partial charge in [-0.3, -0.25) is 4.90 Å². The highest BCUT2D eigenvalue weighted by Crippen LogP contribution is 2.31. The van der Waals surface area contributed by atoms with E-state index in [-0.39, 0.29) is 11.9 Å². The van der Waals surface area contributed by atoms with E-state index in [0.29, 0.717) is 11.6 Å². The monoisotopic (exact) mass is 328 g/mol. The highest BCUT2D eigenvalue weighted by Gasteiger charge is 2.33. The van der Waals surface area contributed by atoms with E-state index in [1.807, 2.05) is 7.05 Å². The molecule has 0 N–H and O–H groups in total. The summed E-state index contributed by atoms with van der Waals surface area (Å²) in [4.78, 5) is 6.43. The minimum atomic E-state index is -4.34. The summed E-state index contributed by atoms with van der Waals surface area (Å²) in [7, 11) is 1.93. The summed E-state index contributed by atoms with van der Waals surface area (Å²) in [6.07, 6.45) is 1.00. The SMILES string of the molecule is CN1CCCCCC1c1nc(-c2ccco2)nn1CC(F)(F)F. The highest BCUT2D eigenvalue weighted by atomic mass is 19.4. The molecule has 23 heavy (non-hydrogen) atoms. The first-order chi connectivity index (χ1) is 10.9. The normalized spacial score (nSPS) is 20.6. The molecule has 126 valence electrons. The summed E-state index contributed by atoms with van der Waals surface area (Å²) in [5.41, 5.74) is 0. The standard InChI is InChI=1S/C15H19F3N4O/c1-21-8-4-2-3-6-11(21)14-19-13(12-7-5-9-23-12)20-22(14)10-15(16,17)18/h5,7,9,11H,2-4,6,8,10H2,1H3. The minimum absolute atomic E-state index is 0.156. The molecule has 0 saturated carbocycles. The van der Waals surface area contributed by atoms with Gasteiger partial charge in [0.1, 0.15) is 12.4 Å². The Hall–Kier alpha value is -1.83. The van der Waals surface area contributed by atoms with Gasteiger partial charge in [0, 0.05) is 0 Å². The smallest absolute Gasteiger partial charge is 0.408 e. The number of nitrogens with zero attached hydrogens (tertiary/aromatic N) is 4. The van der Waals surface area contributed by atoms with Gasteiger partial charge in [0.2, 0.25) is 5.82 Å². The van der Waals surface area contributed by atoms with E-state index in [9.17, 15) is 13.2 Å². The Morgan fingerprint density at radius 2 is 2.13 bits per heavy atom. The summed E-state index contributed by atoms with van der Waals surface area (Å²) in [5.74, 6) is 0.938. The Labute approximate surface area is 132 Å². The summed E-state index contributed by atoms with van der Waals surface area (Å²) in [5, 5.41) is 4.04. The number of hydrogen-bond donors (Lipinski definition) is 0. The fraction of sp³-hybridized carbons (Fsp3) is 0.600. The van der Waals surface area contributed by atoms with Gasteiger partial charge in [-0.15, -0.1) is 5.10 Å². The van der Waals surface area contributed by atoms with Crippen molar-refractivity contribution in [2.75, 3.05) is 13.6 Å². The first-order valence-electron chi connectivity index (χ1n) is 7.69. The zero-order valence-electron chi connectivity index (χ0n) is 12.9. The van der Waals surface area contributed by atoms with Gasteiger partial charge >= 0.3 is 6.18 Å². The van der Waals surface area contributed by atoms with Crippen LogP contribution in [0.3, 0.4) is 0 Å². The van der Waals surface area contributed by atoms with Crippen molar-refractivity contribution in [1.29, 1.82) is 0 Å². The van der Waals surface area contributed by atoms with Gasteiger partial charge in [-0.1, -0.05) is 12.8 Å². The lowest BCUT2D eigenvalue weighted by atomic mass is 10.1. The van der Waals surface area contributed by atoms with Crippen molar-refractivity contribution >= 4 is 0 Å². The minimum Gasteiger partial charge on any atom is -0.461 e. The maximum Gasteiger partial charge on any atom is 0.408 e. The van der Waals surface area contributed by atoms with E-state index >= 15 is 0 Å². The van der Waals surface area contributed by atoms with Gasteiger partial charge < -0.3 is 4.42 Å². The van der Waals surface area contributed by atoms with Gasteiger partial charge in [0.05, 0.1) is 12.3 Å². The van der Waals surface area contributed by atoms with Crippen LogP contribution in [0.2, 0.25) is 0 Å². The molecule has 0 bridgehead atoms. The molecule has 1 aliphatic rings. The molecule has 1 fully saturated rings. The molecule has 1 unspecified atom stereocenters. The maximum absolute atomic E-state index is 12.9. The number of alkyl halides is 3. The topological polar surface area (TPSA) is 47.1 Å². The maximum atomic E-state index is 12.9. The average molecular weight is 328 g/mol. The van der Waals surface area contributed by atoms with Crippen molar-refractivity contribution < 1.29 is 17.6 Å². The third-order valence-electron chi connectivity index (χ3n) is 4.09. The zero-order valence-corrected chi connectivity index (χ0v) is 12.9. The Balaban J connectivity index is 1.98. The predicted octanol–water partition coefficient (Wildman–Crippen LogP) is 3.65. The average Bonchev–Trinajstić information content (AvgIpc) is 3.06. The largest absolute Gasteiger partial charge is 0.461 e. The number of likely N-dealkylation sites (tertiary alicyclic amines) is 1. The summed E-state index contributed by atoms with van der Waals surface area (Å²) in [6, 6.07) is 3.15. The van der Waals surface area contributed by atoms with Crippen LogP contribution in [-0.4, -0.2) is 39.4 Å². The van der Waals surface area contributed by atoms with Crippen LogP contribution in [0, 0.1) is 0 Å². The lowest BCUT2D eigenvalue weighted by molar-refractivity contribution is -0.143. The van der Waals surface area contributed by atoms with Crippen LogP contribution in [0.4, 0.5) is 13.2 Å². The fourth-order valence-electron chi connectivity index (χ4n) is 2.98. The molecular formula is C15H19F3N4O. The van der Waals surface area contributed by atoms with Crippen LogP contribution in [-0.2, 0) is 6.54 Å². The second-order valence-electron chi connectivity index (χ2n) is 5.89. The van der Waals surface area contributed by atoms with E-state index in [2.05, 4.69) is 15.0 Å². The van der Waals surface area contributed by atoms with E-state index in [1.54, 1.807) is 12.1 Å². The second kappa shape index (κ2) is 6.35. The molecule has 5 nitrogen and oxygen atoms in total. The number of hydrogen-bond acceptors (Lipinski definition) is 4. The van der Waals surface area contributed by atoms with Gasteiger partial charge in [-0.05, 0) is 38.6 Å². The molecule has 1 aliphatic heterocycles. The number of rotatable bonds is 3. The third kappa shape index (κ3) is 3.74. The number of aromatic nitrogens is 3. The summed E-state index contributed by atoms with van der Waals surface area (Å²) >= 11 is 0. The van der Waals surface area contributed by atoms with Crippen LogP contribution in [0.25, 0.3) is 11.6 Å². The number of furan rings is 1. The molecular weight excluding hydrogens is 309 g/mol. The fourth-order valence-corrected chi connectivity index (χ4v) is 2.98. The predicted molar refractivity (Wildman–Crippen MR) is 77.6 cm³/mol. The Bertz CT molecular complexity index is 636. The first kappa shape index (κ1) is 16.0. The van der Waals surface area contributed by atoms with Crippen LogP contribution >= 0.6 is 0 Å². The van der Waals surface area contributed by atoms with Crippen molar-refractivity contribution in [3.63, 3.8) is 0 Å². The van der Waals surface area contributed by atoms with E-state index < -0.39 is 12.7 Å². The molecule has 0 radical (unpaired) electrons. The molecule has 1 saturated heterocycles. The quantitative estimate of drug-likeness (QED) is 0.863. The molecule has 2 aromatic rings. The van der Waals surface area contributed by atoms with Crippen LogP contribution in [0.15, 0.2) is 22.8 Å². The molecule has 0 amide bonds. The highest BCUT2D eigenvalue weighted by molar-refractivity contribution is 5.45. The van der Waals surface area contributed by atoms with Crippen LogP contribution in [0.1, 0.15) is 37.5 Å². The van der Waals surface area contributed by atoms with Crippen molar-refractivity contribution in [3.8, 4) is 11.6 Å². The van der Waals surface area contributed by atoms with Gasteiger partial charge in [-0.25, -0.2) is 9.67 Å². The summed E-state index contributed by atoms with van der Waals surface area (Å²) in [6.45, 7) is -0.292. The van der Waals surface area contributed by atoms with Crippen molar-refractivity contribution in [2.45, 2.75) is 44.4 Å². The lowest BCUT2D eigenvalue weighted by Gasteiger charge is -2.25. The molecule has 0 aromatic carbocycles. The van der Waals surface area contributed by atoms with Crippen LogP contribution < -0.4 is 0 Å². The lowest BCUT2D eigenvalue weighted by Crippen LogP contribution is -2.29. The Kier molecular flexibility index (Phi) is 4.43. The van der Waals surface area contributed by atoms with E-state index in [1.165, 1.54) is 6.26 Å². The Morgan fingerprint density at radius 3 is 2.83 bits per heavy atom. The van der Waals surface area contributed by atoms with Gasteiger partial charge in [0.25, 0.3) is 0 Å². The molecule has 3 heterocycles. The Morgan fingerprint density at radius 1 is 1.30 bits per heavy atom. The molecule has 3 rings (SSSR count). The number of halogens is 3. The first-order valence-corrected chi connectivity index (χ1v) is 7.69. The second-order valence-corrected chi connectivity index (χ2v) is 5.89. The summed E-state index contributed by atoms with van der Waals surface area (Å²) < 4.78 is 44.9. The molecule has 8 heteroatoms. The van der Waals surface area contributed by atoms with Gasteiger partial charge in [0.15, 0.2) is 5.76 Å². The van der Waals surface area contributed by atoms with Crippen LogP contribution in [0.5, 0.6) is 0 Å². The molecule has 0 aliphatic carbocycles. The van der Waals surface area contributed by atoms with Gasteiger partial charge in [-0.2, -0.15) is 13.2 Å². The molecule has 1 atom stereocenters. The molecule has 2 aromatic heterocycles.